The molecule has 40 heavy (non-hydrogen) atoms. The van der Waals surface area contributed by atoms with Gasteiger partial charge in [0.1, 0.15) is 16.8 Å². The lowest BCUT2D eigenvalue weighted by Gasteiger charge is -2.26. The Morgan fingerprint density at radius 3 is 2.83 bits per heavy atom. The summed E-state index contributed by atoms with van der Waals surface area (Å²) in [6.45, 7) is 7.21. The zero-order chi connectivity index (χ0) is 27.6. The van der Waals surface area contributed by atoms with Crippen molar-refractivity contribution >= 4 is 40.8 Å². The standard InChI is InChI=1S/C32H37N7O/c1-5-7-8-23-18-34-32(39-19-22-9-11-25(39)16-22)37-30(23)31(33-6-2)36-24-10-14-29(21(3)15-24)40-26-12-13-28-27(17-26)35-20-38(28)4/h6,8,10,12-15,17-18,20,22,25,36H,5,7,9,11,16,19H2,1-4H3/b23-8+,31-30-,33-6-. The molecule has 6 rings (SSSR count). The molecule has 8 heteroatoms. The molecule has 1 N–H and O–H groups in total. The molecule has 0 radical (unpaired) electrons. The van der Waals surface area contributed by atoms with Crippen LogP contribution >= 0.6 is 0 Å². The van der Waals surface area contributed by atoms with Gasteiger partial charge >= 0.3 is 0 Å². The fraction of sp³-hybridized carbons (Fsp3) is 0.375. The second-order valence-corrected chi connectivity index (χ2v) is 10.9. The Kier molecular flexibility index (Phi) is 7.24. The molecule has 0 amide bonds. The first-order valence-corrected chi connectivity index (χ1v) is 14.3. The van der Waals surface area contributed by atoms with Crippen LogP contribution in [0.25, 0.3) is 22.9 Å². The van der Waals surface area contributed by atoms with Crippen LogP contribution in [0.15, 0.2) is 53.9 Å². The lowest BCUT2D eigenvalue weighted by Crippen LogP contribution is -2.39. The fourth-order valence-electron chi connectivity index (χ4n) is 5.90. The molecule has 206 valence electrons. The second kappa shape index (κ2) is 11.1. The Balaban J connectivity index is 1.32. The number of fused-ring (bicyclic) bond motifs is 3. The molecule has 2 aliphatic rings. The summed E-state index contributed by atoms with van der Waals surface area (Å²) >= 11 is 0. The number of benzene rings is 2. The zero-order valence-corrected chi connectivity index (χ0v) is 23.8. The summed E-state index contributed by atoms with van der Waals surface area (Å²) in [6, 6.07) is 12.6. The van der Waals surface area contributed by atoms with Crippen LogP contribution < -0.4 is 25.5 Å². The van der Waals surface area contributed by atoms with E-state index < -0.39 is 0 Å². The van der Waals surface area contributed by atoms with Gasteiger partial charge < -0.3 is 19.5 Å². The van der Waals surface area contributed by atoms with Gasteiger partial charge in [-0.3, -0.25) is 0 Å². The first kappa shape index (κ1) is 26.0. The van der Waals surface area contributed by atoms with Crippen LogP contribution in [-0.2, 0) is 7.05 Å². The van der Waals surface area contributed by atoms with Gasteiger partial charge in [0.25, 0.3) is 0 Å². The van der Waals surface area contributed by atoms with Crippen molar-refractivity contribution in [1.82, 2.24) is 19.5 Å². The SMILES string of the molecule is C\C=N/C(Nc1ccc(Oc2ccc3c(c2)ncn3C)c(C)c1)=c1/nc(N2CC3CCC2C3)nc/c1=C\CCC. The van der Waals surface area contributed by atoms with E-state index in [1.54, 1.807) is 0 Å². The molecule has 2 atom stereocenters. The van der Waals surface area contributed by atoms with Crippen LogP contribution in [0.1, 0.15) is 51.5 Å². The number of hydrogen-bond donors (Lipinski definition) is 1. The van der Waals surface area contributed by atoms with Crippen molar-refractivity contribution in [3.63, 3.8) is 0 Å². The van der Waals surface area contributed by atoms with Gasteiger partial charge in [0.2, 0.25) is 5.95 Å². The molecule has 2 unspecified atom stereocenters. The maximum atomic E-state index is 6.23. The van der Waals surface area contributed by atoms with Gasteiger partial charge in [-0.25, -0.2) is 19.9 Å². The Morgan fingerprint density at radius 1 is 1.18 bits per heavy atom. The first-order chi connectivity index (χ1) is 19.5. The number of piperidine rings is 1. The summed E-state index contributed by atoms with van der Waals surface area (Å²) in [4.78, 5) is 21.5. The van der Waals surface area contributed by atoms with E-state index in [1.807, 2.05) is 74.5 Å². The number of anilines is 2. The van der Waals surface area contributed by atoms with Crippen molar-refractivity contribution in [3.05, 3.63) is 65.1 Å². The minimum absolute atomic E-state index is 0.558. The molecule has 1 saturated carbocycles. The van der Waals surface area contributed by atoms with Gasteiger partial charge in [0.15, 0.2) is 5.82 Å². The molecule has 2 aromatic carbocycles. The van der Waals surface area contributed by atoms with Crippen LogP contribution in [0, 0.1) is 12.8 Å². The summed E-state index contributed by atoms with van der Waals surface area (Å²) in [5.74, 6) is 3.86. The van der Waals surface area contributed by atoms with Crippen LogP contribution in [-0.4, -0.2) is 38.3 Å². The van der Waals surface area contributed by atoms with Crippen LogP contribution in [0.2, 0.25) is 0 Å². The Labute approximate surface area is 235 Å². The number of aromatic nitrogens is 4. The van der Waals surface area contributed by atoms with Gasteiger partial charge in [-0.05, 0) is 81.3 Å². The Morgan fingerprint density at radius 2 is 2.08 bits per heavy atom. The number of imidazole rings is 1. The van der Waals surface area contributed by atoms with E-state index in [0.717, 1.165) is 75.6 Å². The predicted molar refractivity (Wildman–Crippen MR) is 162 cm³/mol. The fourth-order valence-corrected chi connectivity index (χ4v) is 5.90. The molecule has 1 aliphatic heterocycles. The number of nitrogens with one attached hydrogen (secondary N) is 1. The van der Waals surface area contributed by atoms with Crippen molar-refractivity contribution in [2.75, 3.05) is 16.8 Å². The number of ether oxygens (including phenoxy) is 1. The van der Waals surface area contributed by atoms with E-state index in [2.05, 4.69) is 34.3 Å². The number of unbranched alkanes of at least 4 members (excludes halogenated alkanes) is 1. The van der Waals surface area contributed by atoms with Crippen LogP contribution in [0.4, 0.5) is 11.6 Å². The predicted octanol–water partition coefficient (Wildman–Crippen LogP) is 5.30. The highest BCUT2D eigenvalue weighted by Crippen LogP contribution is 2.38. The van der Waals surface area contributed by atoms with E-state index in [9.17, 15) is 0 Å². The maximum Gasteiger partial charge on any atom is 0.226 e. The Bertz CT molecular complexity index is 1690. The monoisotopic (exact) mass is 535 g/mol. The van der Waals surface area contributed by atoms with Gasteiger partial charge in [0, 0.05) is 49.0 Å². The molecule has 2 fully saturated rings. The minimum atomic E-state index is 0.558. The number of rotatable bonds is 8. The number of nitrogens with zero attached hydrogens (tertiary/aromatic N) is 6. The average molecular weight is 536 g/mol. The smallest absolute Gasteiger partial charge is 0.226 e. The van der Waals surface area contributed by atoms with Crippen molar-refractivity contribution < 1.29 is 4.74 Å². The highest BCUT2D eigenvalue weighted by molar-refractivity contribution is 5.77. The Hall–Kier alpha value is -4.20. The summed E-state index contributed by atoms with van der Waals surface area (Å²) in [5.41, 5.74) is 3.92. The van der Waals surface area contributed by atoms with Crippen molar-refractivity contribution in [2.45, 2.75) is 58.9 Å². The van der Waals surface area contributed by atoms with Gasteiger partial charge in [-0.15, -0.1) is 0 Å². The highest BCUT2D eigenvalue weighted by atomic mass is 16.5. The summed E-state index contributed by atoms with van der Waals surface area (Å²) in [7, 11) is 1.99. The molecule has 4 aromatic rings. The molecule has 1 saturated heterocycles. The third-order valence-corrected chi connectivity index (χ3v) is 7.97. The van der Waals surface area contributed by atoms with Crippen molar-refractivity contribution in [2.24, 2.45) is 18.0 Å². The summed E-state index contributed by atoms with van der Waals surface area (Å²) in [6.07, 6.45) is 13.6. The molecular formula is C32H37N7O. The van der Waals surface area contributed by atoms with E-state index >= 15 is 0 Å². The van der Waals surface area contributed by atoms with E-state index in [1.165, 1.54) is 19.3 Å². The van der Waals surface area contributed by atoms with Crippen LogP contribution in [0.5, 0.6) is 11.5 Å². The first-order valence-electron chi connectivity index (χ1n) is 14.3. The summed E-state index contributed by atoms with van der Waals surface area (Å²) < 4.78 is 8.23. The lowest BCUT2D eigenvalue weighted by atomic mass is 10.1. The molecule has 2 bridgehead atoms. The second-order valence-electron chi connectivity index (χ2n) is 10.9. The third-order valence-electron chi connectivity index (χ3n) is 7.97. The third kappa shape index (κ3) is 5.18. The molecule has 3 heterocycles. The van der Waals surface area contributed by atoms with Crippen molar-refractivity contribution in [3.8, 4) is 11.5 Å². The largest absolute Gasteiger partial charge is 0.457 e. The van der Waals surface area contributed by atoms with Crippen LogP contribution in [0.3, 0.4) is 0 Å². The number of aryl methyl sites for hydroxylation is 2. The topological polar surface area (TPSA) is 80.5 Å². The molecule has 8 nitrogen and oxygen atoms in total. The number of aliphatic imine (C=N–C) groups is 1. The lowest BCUT2D eigenvalue weighted by molar-refractivity contribution is 0.479. The maximum absolute atomic E-state index is 6.23. The molecule has 0 spiro atoms. The van der Waals surface area contributed by atoms with E-state index in [-0.39, 0.29) is 0 Å². The van der Waals surface area contributed by atoms with Gasteiger partial charge in [-0.2, -0.15) is 0 Å². The van der Waals surface area contributed by atoms with E-state index in [0.29, 0.717) is 11.9 Å². The van der Waals surface area contributed by atoms with E-state index in [4.69, 9.17) is 19.7 Å². The number of hydrogen-bond acceptors (Lipinski definition) is 7. The van der Waals surface area contributed by atoms with Gasteiger partial charge in [-0.1, -0.05) is 19.4 Å². The quantitative estimate of drug-likeness (QED) is 0.308. The highest BCUT2D eigenvalue weighted by Gasteiger charge is 2.39. The zero-order valence-electron chi connectivity index (χ0n) is 23.8. The average Bonchev–Trinajstić information content (AvgIpc) is 3.69. The normalized spacial score (nSPS) is 19.7. The molecular weight excluding hydrogens is 498 g/mol. The van der Waals surface area contributed by atoms with Gasteiger partial charge in [0.05, 0.1) is 17.4 Å². The minimum Gasteiger partial charge on any atom is -0.457 e. The van der Waals surface area contributed by atoms with Crippen molar-refractivity contribution in [1.29, 1.82) is 0 Å². The summed E-state index contributed by atoms with van der Waals surface area (Å²) in [5, 5.41) is 5.38. The molecule has 1 aliphatic carbocycles. The molecule has 2 aromatic heterocycles.